The highest BCUT2D eigenvalue weighted by Crippen LogP contribution is 2.09. The van der Waals surface area contributed by atoms with Crippen molar-refractivity contribution in [3.63, 3.8) is 0 Å². The normalized spacial score (nSPS) is 9.80. The van der Waals surface area contributed by atoms with Gasteiger partial charge in [-0.25, -0.2) is 0 Å². The molecule has 0 aliphatic carbocycles. The van der Waals surface area contributed by atoms with Crippen LogP contribution in [0.4, 0.5) is 0 Å². The molecule has 0 spiro atoms. The van der Waals surface area contributed by atoms with Crippen molar-refractivity contribution in [2.75, 3.05) is 14.1 Å². The summed E-state index contributed by atoms with van der Waals surface area (Å²) < 4.78 is 0. The molecule has 0 N–H and O–H groups in total. The quantitative estimate of drug-likeness (QED) is 0.780. The van der Waals surface area contributed by atoms with Crippen molar-refractivity contribution in [2.24, 2.45) is 0 Å². The summed E-state index contributed by atoms with van der Waals surface area (Å²) in [6.45, 7) is 6.92. The molecule has 1 heteroatoms. The third kappa shape index (κ3) is 5.85. The molecule has 0 aliphatic heterocycles. The van der Waals surface area contributed by atoms with Gasteiger partial charge in [0, 0.05) is 6.54 Å². The summed E-state index contributed by atoms with van der Waals surface area (Å²) in [5.74, 6) is 0. The van der Waals surface area contributed by atoms with Gasteiger partial charge in [-0.2, -0.15) is 0 Å². The van der Waals surface area contributed by atoms with Crippen LogP contribution in [-0.4, -0.2) is 19.0 Å². The number of hydrogen-bond donors (Lipinski definition) is 0. The van der Waals surface area contributed by atoms with E-state index < -0.39 is 0 Å². The minimum atomic E-state index is 1.03. The number of rotatable bonds is 4. The predicted molar refractivity (Wildman–Crippen MR) is 89.7 cm³/mol. The lowest BCUT2D eigenvalue weighted by molar-refractivity contribution is 0.402. The first-order chi connectivity index (χ1) is 9.67. The molecule has 0 aromatic heterocycles. The zero-order valence-corrected chi connectivity index (χ0v) is 12.8. The second-order valence-electron chi connectivity index (χ2n) is 4.98. The van der Waals surface area contributed by atoms with Gasteiger partial charge in [-0.05, 0) is 37.2 Å². The van der Waals surface area contributed by atoms with E-state index in [1.807, 2.05) is 18.2 Å². The van der Waals surface area contributed by atoms with Crippen molar-refractivity contribution in [1.82, 2.24) is 4.90 Å². The fourth-order valence-electron chi connectivity index (χ4n) is 2.00. The Kier molecular flexibility index (Phi) is 7.38. The lowest BCUT2D eigenvalue weighted by Crippen LogP contribution is -2.10. The van der Waals surface area contributed by atoms with Crippen molar-refractivity contribution < 1.29 is 0 Å². The fraction of sp³-hybridized carbons (Fsp3) is 0.263. The Labute approximate surface area is 123 Å². The van der Waals surface area contributed by atoms with E-state index in [1.165, 1.54) is 16.7 Å². The van der Waals surface area contributed by atoms with E-state index >= 15 is 0 Å². The number of benzene rings is 2. The molecule has 1 nitrogen and oxygen atoms in total. The fourth-order valence-corrected chi connectivity index (χ4v) is 2.00. The van der Waals surface area contributed by atoms with Crippen molar-refractivity contribution in [1.29, 1.82) is 0 Å². The van der Waals surface area contributed by atoms with E-state index in [0.29, 0.717) is 0 Å². The Morgan fingerprint density at radius 1 is 0.950 bits per heavy atom. The lowest BCUT2D eigenvalue weighted by Gasteiger charge is -2.08. The first kappa shape index (κ1) is 16.2. The van der Waals surface area contributed by atoms with Crippen molar-refractivity contribution in [2.45, 2.75) is 19.9 Å². The summed E-state index contributed by atoms with van der Waals surface area (Å²) in [6.07, 6.45) is 2.99. The number of aryl methyl sites for hydroxylation is 1. The maximum Gasteiger partial charge on any atom is 0.0227 e. The van der Waals surface area contributed by atoms with E-state index in [9.17, 15) is 0 Å². The molecule has 106 valence electrons. The maximum atomic E-state index is 3.74. The molecule has 20 heavy (non-hydrogen) atoms. The van der Waals surface area contributed by atoms with E-state index in [-0.39, 0.29) is 0 Å². The monoisotopic (exact) mass is 267 g/mol. The van der Waals surface area contributed by atoms with Crippen LogP contribution < -0.4 is 0 Å². The van der Waals surface area contributed by atoms with Crippen LogP contribution in [0.25, 0.3) is 6.08 Å². The Balaban J connectivity index is 0.000000200. The van der Waals surface area contributed by atoms with Crippen molar-refractivity contribution in [3.05, 3.63) is 77.9 Å². The molecule has 0 unspecified atom stereocenters. The summed E-state index contributed by atoms with van der Waals surface area (Å²) in [5.41, 5.74) is 4.00. The molecule has 0 aliphatic rings. The SMILES string of the molecule is C=Cc1ccccc1CC.CN(C)Cc1ccccc1. The third-order valence-corrected chi connectivity index (χ3v) is 3.00. The maximum absolute atomic E-state index is 3.74. The highest BCUT2D eigenvalue weighted by atomic mass is 15.0. The van der Waals surface area contributed by atoms with Crippen LogP contribution in [0.1, 0.15) is 23.6 Å². The zero-order chi connectivity index (χ0) is 14.8. The molecule has 2 aromatic carbocycles. The van der Waals surface area contributed by atoms with Crippen molar-refractivity contribution in [3.8, 4) is 0 Å². The Morgan fingerprint density at radius 3 is 2.05 bits per heavy atom. The molecule has 0 heterocycles. The molecule has 0 saturated carbocycles. The van der Waals surface area contributed by atoms with Gasteiger partial charge in [-0.1, -0.05) is 74.2 Å². The van der Waals surface area contributed by atoms with Gasteiger partial charge in [0.05, 0.1) is 0 Å². The summed E-state index contributed by atoms with van der Waals surface area (Å²) >= 11 is 0. The van der Waals surface area contributed by atoms with Gasteiger partial charge in [-0.15, -0.1) is 0 Å². The molecule has 0 saturated heterocycles. The molecular formula is C19H25N. The second-order valence-corrected chi connectivity index (χ2v) is 4.98. The highest BCUT2D eigenvalue weighted by Gasteiger charge is 1.92. The highest BCUT2D eigenvalue weighted by molar-refractivity contribution is 5.51. The molecule has 2 aromatic rings. The summed E-state index contributed by atoms with van der Waals surface area (Å²) in [7, 11) is 4.15. The van der Waals surface area contributed by atoms with Gasteiger partial charge in [0.15, 0.2) is 0 Å². The first-order valence-electron chi connectivity index (χ1n) is 7.06. The van der Waals surface area contributed by atoms with Crippen LogP contribution in [0.15, 0.2) is 61.2 Å². The third-order valence-electron chi connectivity index (χ3n) is 3.00. The molecule has 2 rings (SSSR count). The van der Waals surface area contributed by atoms with Crippen LogP contribution >= 0.6 is 0 Å². The van der Waals surface area contributed by atoms with Crippen molar-refractivity contribution >= 4 is 6.08 Å². The average molecular weight is 267 g/mol. The van der Waals surface area contributed by atoms with Crippen LogP contribution in [0, 0.1) is 0 Å². The van der Waals surface area contributed by atoms with E-state index in [2.05, 4.69) is 75.0 Å². The second kappa shape index (κ2) is 9.11. The van der Waals surface area contributed by atoms with Gasteiger partial charge >= 0.3 is 0 Å². The van der Waals surface area contributed by atoms with Gasteiger partial charge in [0.25, 0.3) is 0 Å². The van der Waals surface area contributed by atoms with E-state index in [0.717, 1.165) is 13.0 Å². The molecule has 0 amide bonds. The van der Waals surface area contributed by atoms with Crippen LogP contribution in [-0.2, 0) is 13.0 Å². The largest absolute Gasteiger partial charge is 0.305 e. The Bertz CT molecular complexity index is 500. The van der Waals surface area contributed by atoms with E-state index in [4.69, 9.17) is 0 Å². The molecule has 0 radical (unpaired) electrons. The first-order valence-corrected chi connectivity index (χ1v) is 7.06. The Morgan fingerprint density at radius 2 is 1.55 bits per heavy atom. The molecule has 0 atom stereocenters. The minimum Gasteiger partial charge on any atom is -0.305 e. The predicted octanol–water partition coefficient (Wildman–Crippen LogP) is 4.64. The van der Waals surface area contributed by atoms with Gasteiger partial charge < -0.3 is 4.90 Å². The zero-order valence-electron chi connectivity index (χ0n) is 12.8. The average Bonchev–Trinajstić information content (AvgIpc) is 2.48. The number of hydrogen-bond acceptors (Lipinski definition) is 1. The van der Waals surface area contributed by atoms with Crippen LogP contribution in [0.2, 0.25) is 0 Å². The minimum absolute atomic E-state index is 1.03. The summed E-state index contributed by atoms with van der Waals surface area (Å²) in [6, 6.07) is 18.8. The van der Waals surface area contributed by atoms with E-state index in [1.54, 1.807) is 0 Å². The topological polar surface area (TPSA) is 3.24 Å². The smallest absolute Gasteiger partial charge is 0.0227 e. The molecule has 0 fully saturated rings. The van der Waals surface area contributed by atoms with Gasteiger partial charge in [-0.3, -0.25) is 0 Å². The molecular weight excluding hydrogens is 242 g/mol. The standard InChI is InChI=1S/C10H12.C9H13N/c1-3-9-7-5-6-8-10(9)4-2;1-10(2)8-9-6-4-3-5-7-9/h3,5-8H,1,4H2,2H3;3-7H,8H2,1-2H3. The van der Waals surface area contributed by atoms with Crippen LogP contribution in [0.5, 0.6) is 0 Å². The molecule has 0 bridgehead atoms. The van der Waals surface area contributed by atoms with Gasteiger partial charge in [0.2, 0.25) is 0 Å². The lowest BCUT2D eigenvalue weighted by atomic mass is 10.1. The summed E-state index contributed by atoms with van der Waals surface area (Å²) in [4.78, 5) is 2.16. The number of nitrogens with zero attached hydrogens (tertiary/aromatic N) is 1. The van der Waals surface area contributed by atoms with Crippen LogP contribution in [0.3, 0.4) is 0 Å². The summed E-state index contributed by atoms with van der Waals surface area (Å²) in [5, 5.41) is 0. The van der Waals surface area contributed by atoms with Gasteiger partial charge in [0.1, 0.15) is 0 Å². The Hall–Kier alpha value is -1.86.